The molecular weight excluding hydrogens is 353 g/mol. The van der Waals surface area contributed by atoms with Crippen LogP contribution in [0, 0.1) is 12.7 Å². The summed E-state index contributed by atoms with van der Waals surface area (Å²) in [6.45, 7) is 2.59. The molecule has 0 saturated heterocycles. The van der Waals surface area contributed by atoms with Gasteiger partial charge in [0, 0.05) is 17.7 Å². The predicted octanol–water partition coefficient (Wildman–Crippen LogP) is 5.06. The average Bonchev–Trinajstić information content (AvgIpc) is 3.21. The lowest BCUT2D eigenvalue weighted by Gasteiger charge is -2.16. The summed E-state index contributed by atoms with van der Waals surface area (Å²) < 4.78 is 20.4. The SMILES string of the molecule is Cc1ccc(CN[C@H](c2nnc(-c3ccccc3)o2)c2ccccc2F)cc1. The van der Waals surface area contributed by atoms with Crippen LogP contribution in [-0.4, -0.2) is 10.2 Å². The van der Waals surface area contributed by atoms with E-state index in [1.54, 1.807) is 18.2 Å². The van der Waals surface area contributed by atoms with E-state index in [2.05, 4.69) is 27.6 Å². The van der Waals surface area contributed by atoms with Gasteiger partial charge in [0.1, 0.15) is 11.9 Å². The molecule has 0 aliphatic carbocycles. The molecule has 0 amide bonds. The first-order chi connectivity index (χ1) is 13.7. The van der Waals surface area contributed by atoms with Crippen molar-refractivity contribution >= 4 is 0 Å². The normalized spacial score (nSPS) is 12.1. The number of rotatable bonds is 6. The van der Waals surface area contributed by atoms with Crippen molar-refractivity contribution in [1.82, 2.24) is 15.5 Å². The van der Waals surface area contributed by atoms with Gasteiger partial charge in [0.15, 0.2) is 0 Å². The van der Waals surface area contributed by atoms with Gasteiger partial charge < -0.3 is 4.42 Å². The van der Waals surface area contributed by atoms with E-state index in [1.165, 1.54) is 11.6 Å². The van der Waals surface area contributed by atoms with Crippen molar-refractivity contribution in [2.45, 2.75) is 19.5 Å². The van der Waals surface area contributed by atoms with Crippen LogP contribution < -0.4 is 5.32 Å². The lowest BCUT2D eigenvalue weighted by Crippen LogP contribution is -2.23. The van der Waals surface area contributed by atoms with E-state index < -0.39 is 6.04 Å². The summed E-state index contributed by atoms with van der Waals surface area (Å²) in [6, 6.07) is 23.8. The summed E-state index contributed by atoms with van der Waals surface area (Å²) in [5.41, 5.74) is 3.58. The van der Waals surface area contributed by atoms with Crippen molar-refractivity contribution in [3.05, 3.63) is 107 Å². The molecular formula is C23H20FN3O. The molecule has 0 unspecified atom stereocenters. The van der Waals surface area contributed by atoms with Gasteiger partial charge in [0.2, 0.25) is 11.8 Å². The van der Waals surface area contributed by atoms with Gasteiger partial charge in [-0.15, -0.1) is 10.2 Å². The molecule has 1 heterocycles. The first-order valence-electron chi connectivity index (χ1n) is 9.13. The van der Waals surface area contributed by atoms with E-state index >= 15 is 0 Å². The quantitative estimate of drug-likeness (QED) is 0.513. The highest BCUT2D eigenvalue weighted by Crippen LogP contribution is 2.27. The van der Waals surface area contributed by atoms with Crippen molar-refractivity contribution in [2.75, 3.05) is 0 Å². The zero-order chi connectivity index (χ0) is 19.3. The summed E-state index contributed by atoms with van der Waals surface area (Å²) in [5, 5.41) is 11.7. The highest BCUT2D eigenvalue weighted by molar-refractivity contribution is 5.51. The molecule has 1 atom stereocenters. The zero-order valence-corrected chi connectivity index (χ0v) is 15.5. The molecule has 3 aromatic carbocycles. The molecule has 4 nitrogen and oxygen atoms in total. The minimum atomic E-state index is -0.549. The van der Waals surface area contributed by atoms with E-state index in [0.717, 1.165) is 11.1 Å². The Labute approximate surface area is 163 Å². The summed E-state index contributed by atoms with van der Waals surface area (Å²) in [5.74, 6) is 0.425. The van der Waals surface area contributed by atoms with Crippen LogP contribution in [0.2, 0.25) is 0 Å². The van der Waals surface area contributed by atoms with Gasteiger partial charge in [0.05, 0.1) is 0 Å². The summed E-state index contributed by atoms with van der Waals surface area (Å²) in [4.78, 5) is 0. The summed E-state index contributed by atoms with van der Waals surface area (Å²) >= 11 is 0. The number of hydrogen-bond donors (Lipinski definition) is 1. The Balaban J connectivity index is 1.64. The second-order valence-electron chi connectivity index (χ2n) is 6.63. The Bertz CT molecular complexity index is 1040. The Morgan fingerprint density at radius 3 is 2.36 bits per heavy atom. The predicted molar refractivity (Wildman–Crippen MR) is 106 cm³/mol. The zero-order valence-electron chi connectivity index (χ0n) is 15.5. The average molecular weight is 373 g/mol. The van der Waals surface area contributed by atoms with Crippen LogP contribution in [0.25, 0.3) is 11.5 Å². The number of benzene rings is 3. The van der Waals surface area contributed by atoms with Gasteiger partial charge in [-0.2, -0.15) is 0 Å². The van der Waals surface area contributed by atoms with Gasteiger partial charge >= 0.3 is 0 Å². The Morgan fingerprint density at radius 2 is 1.61 bits per heavy atom. The molecule has 5 heteroatoms. The lowest BCUT2D eigenvalue weighted by molar-refractivity contribution is 0.427. The van der Waals surface area contributed by atoms with Crippen molar-refractivity contribution in [3.63, 3.8) is 0 Å². The van der Waals surface area contributed by atoms with Gasteiger partial charge in [-0.1, -0.05) is 66.2 Å². The molecule has 4 aromatic rings. The third-order valence-electron chi connectivity index (χ3n) is 4.56. The van der Waals surface area contributed by atoms with E-state index in [0.29, 0.717) is 23.9 Å². The van der Waals surface area contributed by atoms with Crippen molar-refractivity contribution in [2.24, 2.45) is 0 Å². The highest BCUT2D eigenvalue weighted by Gasteiger charge is 2.23. The molecule has 140 valence electrons. The van der Waals surface area contributed by atoms with Crippen LogP contribution >= 0.6 is 0 Å². The van der Waals surface area contributed by atoms with Gasteiger partial charge in [-0.3, -0.25) is 5.32 Å². The number of hydrogen-bond acceptors (Lipinski definition) is 4. The van der Waals surface area contributed by atoms with E-state index in [1.807, 2.05) is 49.4 Å². The van der Waals surface area contributed by atoms with E-state index in [9.17, 15) is 4.39 Å². The number of aromatic nitrogens is 2. The van der Waals surface area contributed by atoms with Gasteiger partial charge in [-0.25, -0.2) is 4.39 Å². The molecule has 1 N–H and O–H groups in total. The molecule has 28 heavy (non-hydrogen) atoms. The van der Waals surface area contributed by atoms with Crippen molar-refractivity contribution in [3.8, 4) is 11.5 Å². The lowest BCUT2D eigenvalue weighted by atomic mass is 10.1. The topological polar surface area (TPSA) is 51.0 Å². The maximum Gasteiger partial charge on any atom is 0.247 e. The van der Waals surface area contributed by atoms with Crippen LogP contribution in [0.5, 0.6) is 0 Å². The number of nitrogens with one attached hydrogen (secondary N) is 1. The fourth-order valence-electron chi connectivity index (χ4n) is 3.01. The second kappa shape index (κ2) is 8.15. The number of halogens is 1. The molecule has 1 aromatic heterocycles. The molecule has 0 aliphatic rings. The van der Waals surface area contributed by atoms with Crippen molar-refractivity contribution < 1.29 is 8.81 Å². The van der Waals surface area contributed by atoms with Crippen LogP contribution in [-0.2, 0) is 6.54 Å². The van der Waals surface area contributed by atoms with Crippen LogP contribution in [0.4, 0.5) is 4.39 Å². The highest BCUT2D eigenvalue weighted by atomic mass is 19.1. The second-order valence-corrected chi connectivity index (χ2v) is 6.63. The molecule has 0 radical (unpaired) electrons. The van der Waals surface area contributed by atoms with E-state index in [4.69, 9.17) is 4.42 Å². The monoisotopic (exact) mass is 373 g/mol. The first kappa shape index (κ1) is 18.1. The first-order valence-corrected chi connectivity index (χ1v) is 9.13. The molecule has 0 aliphatic heterocycles. The van der Waals surface area contributed by atoms with Gasteiger partial charge in [0.25, 0.3) is 0 Å². The third-order valence-corrected chi connectivity index (χ3v) is 4.56. The summed E-state index contributed by atoms with van der Waals surface area (Å²) in [6.07, 6.45) is 0. The van der Waals surface area contributed by atoms with Crippen LogP contribution in [0.3, 0.4) is 0 Å². The summed E-state index contributed by atoms with van der Waals surface area (Å²) in [7, 11) is 0. The smallest absolute Gasteiger partial charge is 0.247 e. The maximum atomic E-state index is 14.5. The van der Waals surface area contributed by atoms with Crippen LogP contribution in [0.1, 0.15) is 28.6 Å². The maximum absolute atomic E-state index is 14.5. The number of aryl methyl sites for hydroxylation is 1. The third kappa shape index (κ3) is 4.00. The minimum Gasteiger partial charge on any atom is -0.419 e. The number of nitrogens with zero attached hydrogens (tertiary/aromatic N) is 2. The molecule has 0 bridgehead atoms. The fourth-order valence-corrected chi connectivity index (χ4v) is 3.01. The molecule has 0 spiro atoms. The fraction of sp³-hybridized carbons (Fsp3) is 0.130. The Morgan fingerprint density at radius 1 is 0.893 bits per heavy atom. The molecule has 4 rings (SSSR count). The van der Waals surface area contributed by atoms with E-state index in [-0.39, 0.29) is 5.82 Å². The Kier molecular flexibility index (Phi) is 5.26. The minimum absolute atomic E-state index is 0.316. The molecule has 0 fully saturated rings. The Hall–Kier alpha value is -3.31. The largest absolute Gasteiger partial charge is 0.419 e. The van der Waals surface area contributed by atoms with Crippen LogP contribution in [0.15, 0.2) is 83.3 Å². The standard InChI is InChI=1S/C23H20FN3O/c1-16-11-13-17(14-12-16)15-25-21(19-9-5-6-10-20(19)24)23-27-26-22(28-23)18-7-3-2-4-8-18/h2-14,21,25H,15H2,1H3/t21-/m0/s1. The van der Waals surface area contributed by atoms with Crippen molar-refractivity contribution in [1.29, 1.82) is 0 Å². The van der Waals surface area contributed by atoms with Gasteiger partial charge in [-0.05, 0) is 30.7 Å². The molecule has 0 saturated carbocycles.